The van der Waals surface area contributed by atoms with Gasteiger partial charge in [-0.3, -0.25) is 4.98 Å². The Labute approximate surface area is 369 Å². The van der Waals surface area contributed by atoms with Crippen LogP contribution in [0.4, 0.5) is 13.2 Å². The van der Waals surface area contributed by atoms with Crippen molar-refractivity contribution in [2.24, 2.45) is 5.92 Å². The Morgan fingerprint density at radius 3 is 2.13 bits per heavy atom. The average Bonchev–Trinajstić information content (AvgIpc) is 3.79. The molecule has 9 aromatic rings. The molecule has 0 N–H and O–H groups in total. The van der Waals surface area contributed by atoms with Crippen LogP contribution < -0.4 is 5.19 Å². The summed E-state index contributed by atoms with van der Waals surface area (Å²) in [4.78, 5) is 13.4. The maximum absolute atomic E-state index is 13.4. The Kier molecular flexibility index (Phi) is 12.4. The van der Waals surface area contributed by atoms with E-state index in [4.69, 9.17) is 9.40 Å². The number of rotatable bonds is 7. The normalized spacial score (nSPS) is 11.9. The van der Waals surface area contributed by atoms with Gasteiger partial charge < -0.3 is 14.0 Å². The molecule has 0 aliphatic heterocycles. The predicted molar refractivity (Wildman–Crippen MR) is 240 cm³/mol. The van der Waals surface area contributed by atoms with Crippen molar-refractivity contribution in [2.75, 3.05) is 0 Å². The molecule has 0 bridgehead atoms. The number of nitrogens with zero attached hydrogens (tertiary/aromatic N) is 4. The molecule has 61 heavy (non-hydrogen) atoms. The summed E-state index contributed by atoms with van der Waals surface area (Å²) in [5.41, 5.74) is 10.5. The third kappa shape index (κ3) is 8.89. The van der Waals surface area contributed by atoms with Crippen LogP contribution in [0.1, 0.15) is 36.2 Å². The Hall–Kier alpha value is -5.67. The number of aromatic nitrogens is 4. The van der Waals surface area contributed by atoms with Crippen LogP contribution in [-0.2, 0) is 32.7 Å². The van der Waals surface area contributed by atoms with Gasteiger partial charge in [-0.05, 0) is 95.7 Å². The van der Waals surface area contributed by atoms with Gasteiger partial charge in [-0.15, -0.1) is 54.1 Å². The van der Waals surface area contributed by atoms with Crippen LogP contribution in [0.2, 0.25) is 19.6 Å². The fourth-order valence-electron chi connectivity index (χ4n) is 7.95. The number of imidazole rings is 1. The van der Waals surface area contributed by atoms with E-state index in [0.29, 0.717) is 33.7 Å². The van der Waals surface area contributed by atoms with Gasteiger partial charge in [0.25, 0.3) is 0 Å². The van der Waals surface area contributed by atoms with Crippen molar-refractivity contribution in [3.05, 3.63) is 162 Å². The maximum atomic E-state index is 13.4. The summed E-state index contributed by atoms with van der Waals surface area (Å²) in [7, 11) is -1.34. The Bertz CT molecular complexity index is 2970. The van der Waals surface area contributed by atoms with Gasteiger partial charge in [-0.1, -0.05) is 98.5 Å². The largest absolute Gasteiger partial charge is 0.486 e. The molecule has 0 spiro atoms. The van der Waals surface area contributed by atoms with E-state index in [-0.39, 0.29) is 25.8 Å². The van der Waals surface area contributed by atoms with Gasteiger partial charge in [-0.2, -0.15) is 13.2 Å². The van der Waals surface area contributed by atoms with E-state index in [1.807, 2.05) is 60.7 Å². The van der Waals surface area contributed by atoms with Gasteiger partial charge in [-0.25, -0.2) is 4.98 Å². The molecule has 10 heteroatoms. The first-order valence-corrected chi connectivity index (χ1v) is 23.6. The van der Waals surface area contributed by atoms with Crippen LogP contribution in [0.3, 0.4) is 0 Å². The smallest absolute Gasteiger partial charge is 0.433 e. The minimum atomic E-state index is -4.57. The van der Waals surface area contributed by atoms with Gasteiger partial charge in [0, 0.05) is 37.4 Å². The number of furan rings is 1. The SMILES string of the molecule is CC(C)Cc1cc(-c2[c-]cccc2)ncc1[Si](C)(C)C.Cc1cc(-c2ccccc2)cc(C)c1-n1c(-c2[c-]ccc3c2oc2nc(C(F)(F)F)ccc23)nc2ccccc21.[Ir]. The average molecular weight is 1010 g/mol. The van der Waals surface area contributed by atoms with Crippen LogP contribution in [0.25, 0.3) is 72.6 Å². The van der Waals surface area contributed by atoms with Crippen molar-refractivity contribution < 1.29 is 37.7 Å². The fourth-order valence-corrected chi connectivity index (χ4v) is 9.54. The molecule has 0 saturated carbocycles. The summed E-state index contributed by atoms with van der Waals surface area (Å²) in [5, 5.41) is 2.64. The van der Waals surface area contributed by atoms with Crippen molar-refractivity contribution in [3.63, 3.8) is 0 Å². The summed E-state index contributed by atoms with van der Waals surface area (Å²) in [6, 6.07) is 45.1. The van der Waals surface area contributed by atoms with Crippen molar-refractivity contribution in [1.82, 2.24) is 19.5 Å². The predicted octanol–water partition coefficient (Wildman–Crippen LogP) is 13.4. The van der Waals surface area contributed by atoms with Gasteiger partial charge in [0.2, 0.25) is 5.71 Å². The number of fused-ring (bicyclic) bond motifs is 4. The molecule has 0 saturated heterocycles. The first kappa shape index (κ1) is 43.4. The summed E-state index contributed by atoms with van der Waals surface area (Å²) in [6.45, 7) is 15.9. The second-order valence-corrected chi connectivity index (χ2v) is 21.7. The molecule has 4 aromatic heterocycles. The maximum Gasteiger partial charge on any atom is 0.433 e. The minimum absolute atomic E-state index is 0. The molecule has 0 aliphatic carbocycles. The Morgan fingerprint density at radius 1 is 0.754 bits per heavy atom. The summed E-state index contributed by atoms with van der Waals surface area (Å²) >= 11 is 0. The molecule has 0 aliphatic rings. The summed E-state index contributed by atoms with van der Waals surface area (Å²) < 4.78 is 48.2. The molecule has 0 unspecified atom stereocenters. The molecule has 4 heterocycles. The molecule has 0 amide bonds. The third-order valence-corrected chi connectivity index (χ3v) is 12.7. The van der Waals surface area contributed by atoms with E-state index in [0.717, 1.165) is 62.7 Å². The number of halogens is 3. The zero-order valence-corrected chi connectivity index (χ0v) is 38.5. The Balaban J connectivity index is 0.000000226. The van der Waals surface area contributed by atoms with E-state index in [1.54, 1.807) is 12.1 Å². The second-order valence-electron chi connectivity index (χ2n) is 16.7. The molecule has 0 atom stereocenters. The van der Waals surface area contributed by atoms with E-state index in [9.17, 15) is 13.2 Å². The van der Waals surface area contributed by atoms with E-state index < -0.39 is 19.9 Å². The number of pyridine rings is 2. The number of aryl methyl sites for hydroxylation is 2. The van der Waals surface area contributed by atoms with E-state index in [1.165, 1.54) is 16.8 Å². The van der Waals surface area contributed by atoms with E-state index in [2.05, 4.69) is 117 Å². The minimum Gasteiger partial charge on any atom is -0.486 e. The van der Waals surface area contributed by atoms with Crippen LogP contribution in [0.5, 0.6) is 0 Å². The summed E-state index contributed by atoms with van der Waals surface area (Å²) in [6.07, 6.45) is -1.33. The van der Waals surface area contributed by atoms with Crippen LogP contribution >= 0.6 is 0 Å². The van der Waals surface area contributed by atoms with Crippen molar-refractivity contribution >= 4 is 46.4 Å². The first-order valence-electron chi connectivity index (χ1n) is 20.1. The van der Waals surface area contributed by atoms with Gasteiger partial charge in [0.05, 0.1) is 30.5 Å². The Morgan fingerprint density at radius 2 is 1.46 bits per heavy atom. The zero-order chi connectivity index (χ0) is 42.3. The molecular weight excluding hydrogens is 962 g/mol. The summed E-state index contributed by atoms with van der Waals surface area (Å²) in [5.74, 6) is 1.25. The monoisotopic (exact) mass is 1010 g/mol. The van der Waals surface area contributed by atoms with Crippen LogP contribution in [0, 0.1) is 31.9 Å². The van der Waals surface area contributed by atoms with Crippen molar-refractivity contribution in [1.29, 1.82) is 0 Å². The first-order chi connectivity index (χ1) is 28.7. The molecule has 9 rings (SSSR count). The van der Waals surface area contributed by atoms with Gasteiger partial charge >= 0.3 is 6.18 Å². The van der Waals surface area contributed by atoms with Crippen LogP contribution in [-0.4, -0.2) is 27.6 Å². The number of para-hydroxylation sites is 2. The number of alkyl halides is 3. The quantitative estimate of drug-likeness (QED) is 0.118. The topological polar surface area (TPSA) is 56.7 Å². The molecule has 5 nitrogen and oxygen atoms in total. The molecule has 5 aromatic carbocycles. The van der Waals surface area contributed by atoms with Crippen molar-refractivity contribution in [3.8, 4) is 39.5 Å². The molecule has 1 radical (unpaired) electrons. The zero-order valence-electron chi connectivity index (χ0n) is 35.1. The third-order valence-electron chi connectivity index (χ3n) is 10.6. The van der Waals surface area contributed by atoms with Gasteiger partial charge in [0.1, 0.15) is 5.69 Å². The number of hydrogen-bond acceptors (Lipinski definition) is 4. The number of benzene rings is 5. The second kappa shape index (κ2) is 17.4. The fraction of sp³-hybridized carbons (Fsp3) is 0.196. The van der Waals surface area contributed by atoms with Crippen molar-refractivity contribution in [2.45, 2.75) is 59.9 Å². The standard InChI is InChI=1S/C33H21F3N3O.C18H24NSi.Ir/c1-19-17-22(21-9-4-3-5-10-21)18-20(2)29(19)39-27-14-7-6-13-26(27)37-31(39)25-12-8-11-23-24-15-16-28(33(34,35)36)38-32(24)40-30(23)25;1-14(2)11-16-12-17(15-9-7-6-8-10-15)19-13-18(16)20(3,4)5;/h3-11,13-18H,1-2H3;6-9,12-14H,11H2,1-5H3;/q2*-1;. The number of hydrogen-bond donors (Lipinski definition) is 0. The molecular formula is C51H45F3IrN4OSi-2. The molecule has 0 fully saturated rings. The van der Waals surface area contributed by atoms with Gasteiger partial charge in [0.15, 0.2) is 0 Å². The molecule has 311 valence electrons. The van der Waals surface area contributed by atoms with E-state index >= 15 is 0 Å². The van der Waals surface area contributed by atoms with Crippen LogP contribution in [0.15, 0.2) is 132 Å².